The second-order valence-corrected chi connectivity index (χ2v) is 9.57. The highest BCUT2D eigenvalue weighted by Crippen LogP contribution is 2.36. The summed E-state index contributed by atoms with van der Waals surface area (Å²) >= 11 is 0. The lowest BCUT2D eigenvalue weighted by molar-refractivity contribution is -0.142. The summed E-state index contributed by atoms with van der Waals surface area (Å²) in [5, 5.41) is 22.9. The van der Waals surface area contributed by atoms with Gasteiger partial charge in [0.2, 0.25) is 11.8 Å². The summed E-state index contributed by atoms with van der Waals surface area (Å²) in [6, 6.07) is 7.50. The first-order chi connectivity index (χ1) is 17.5. The van der Waals surface area contributed by atoms with Gasteiger partial charge in [0.1, 0.15) is 18.1 Å². The molecule has 12 nitrogen and oxygen atoms in total. The Bertz CT molecular complexity index is 1170. The number of fused-ring (bicyclic) bond motifs is 8. The molecule has 12 heteroatoms. The number of nitrogens with one attached hydrogen (secondary N) is 1. The number of amides is 2. The van der Waals surface area contributed by atoms with Crippen molar-refractivity contribution in [2.45, 2.75) is 51.6 Å². The summed E-state index contributed by atoms with van der Waals surface area (Å²) in [5.41, 5.74) is 1.26. The number of carbonyl (C=O) groups excluding carboxylic acids is 2. The van der Waals surface area contributed by atoms with Crippen molar-refractivity contribution in [3.05, 3.63) is 48.0 Å². The van der Waals surface area contributed by atoms with E-state index < -0.39 is 11.5 Å². The molecule has 1 N–H and O–H groups in total. The highest BCUT2D eigenvalue weighted by molar-refractivity contribution is 5.84. The summed E-state index contributed by atoms with van der Waals surface area (Å²) in [5.74, 6) is 0.779. The minimum absolute atomic E-state index is 0.00180. The molecule has 0 aliphatic carbocycles. The Kier molecular flexibility index (Phi) is 6.92. The molecule has 3 aromatic rings. The second kappa shape index (κ2) is 10.4. The van der Waals surface area contributed by atoms with E-state index in [9.17, 15) is 9.59 Å². The van der Waals surface area contributed by atoms with E-state index in [0.29, 0.717) is 52.0 Å². The number of ether oxygens (including phenoxy) is 1. The smallest absolute Gasteiger partial charge is 0.247 e. The maximum absolute atomic E-state index is 13.6. The Balaban J connectivity index is 1.32. The van der Waals surface area contributed by atoms with Crippen LogP contribution in [0.15, 0.2) is 36.8 Å². The largest absolute Gasteiger partial charge is 0.494 e. The average molecular weight is 494 g/mol. The lowest BCUT2D eigenvalue weighted by Gasteiger charge is -2.41. The molecule has 1 atom stereocenters. The topological polar surface area (TPSA) is 133 Å². The van der Waals surface area contributed by atoms with E-state index in [4.69, 9.17) is 4.74 Å². The van der Waals surface area contributed by atoms with Crippen LogP contribution in [-0.4, -0.2) is 78.2 Å². The van der Waals surface area contributed by atoms with Crippen molar-refractivity contribution in [3.8, 4) is 5.75 Å². The van der Waals surface area contributed by atoms with Crippen LogP contribution in [0.3, 0.4) is 0 Å². The van der Waals surface area contributed by atoms with Crippen LogP contribution in [0, 0.1) is 5.41 Å². The average Bonchev–Trinajstić information content (AvgIpc) is 3.59. The minimum Gasteiger partial charge on any atom is -0.494 e. The minimum atomic E-state index is -0.656. The van der Waals surface area contributed by atoms with Crippen molar-refractivity contribution >= 4 is 11.8 Å². The van der Waals surface area contributed by atoms with Crippen molar-refractivity contribution in [1.29, 1.82) is 0 Å². The molecule has 3 aliphatic heterocycles. The van der Waals surface area contributed by atoms with E-state index in [1.807, 2.05) is 30.5 Å². The fraction of sp³-hybridized carbons (Fsp3) is 0.542. The first-order valence-electron chi connectivity index (χ1n) is 12.4. The van der Waals surface area contributed by atoms with E-state index in [-0.39, 0.29) is 11.8 Å². The summed E-state index contributed by atoms with van der Waals surface area (Å²) in [7, 11) is 0. The SMILES string of the molecule is C[C@@H](C(=O)N1CCC2(CC1)Cc1cn(nn1)CCCOc1ccc(cc1)CCNC2=O)n1cnnn1. The number of hydrogen-bond acceptors (Lipinski definition) is 8. The zero-order valence-corrected chi connectivity index (χ0v) is 20.4. The van der Waals surface area contributed by atoms with E-state index in [0.717, 1.165) is 29.8 Å². The van der Waals surface area contributed by atoms with Gasteiger partial charge in [0.05, 0.1) is 17.7 Å². The van der Waals surface area contributed by atoms with E-state index in [2.05, 4.69) is 31.2 Å². The van der Waals surface area contributed by atoms with Crippen LogP contribution >= 0.6 is 0 Å². The van der Waals surface area contributed by atoms with Crippen molar-refractivity contribution in [1.82, 2.24) is 45.4 Å². The molecule has 1 aromatic carbocycles. The quantitative estimate of drug-likeness (QED) is 0.555. The normalized spacial score (nSPS) is 19.4. The molecular formula is C24H31N9O3. The highest BCUT2D eigenvalue weighted by atomic mass is 16.5. The lowest BCUT2D eigenvalue weighted by atomic mass is 9.73. The summed E-state index contributed by atoms with van der Waals surface area (Å²) in [4.78, 5) is 28.4. The first-order valence-corrected chi connectivity index (χ1v) is 12.4. The molecule has 4 bridgehead atoms. The van der Waals surface area contributed by atoms with Gasteiger partial charge in [0.25, 0.3) is 0 Å². The highest BCUT2D eigenvalue weighted by Gasteiger charge is 2.43. The van der Waals surface area contributed by atoms with Gasteiger partial charge >= 0.3 is 0 Å². The molecule has 3 aliphatic rings. The monoisotopic (exact) mass is 493 g/mol. The summed E-state index contributed by atoms with van der Waals surface area (Å²) in [6.45, 7) is 4.54. The predicted molar refractivity (Wildman–Crippen MR) is 128 cm³/mol. The molecular weight excluding hydrogens is 462 g/mol. The fourth-order valence-corrected chi connectivity index (χ4v) is 4.91. The van der Waals surface area contributed by atoms with Gasteiger partial charge in [0.15, 0.2) is 0 Å². The summed E-state index contributed by atoms with van der Waals surface area (Å²) in [6.07, 6.45) is 6.45. The molecule has 190 valence electrons. The predicted octanol–water partition coefficient (Wildman–Crippen LogP) is 0.819. The zero-order valence-electron chi connectivity index (χ0n) is 20.4. The molecule has 6 rings (SSSR count). The number of carbonyl (C=O) groups is 2. The Morgan fingerprint density at radius 3 is 2.69 bits per heavy atom. The standard InChI is InChI=1S/C24H31N9O3/c1-18(33-17-26-28-30-33)22(34)31-12-8-24(9-13-31)15-20-16-32(29-27-20)11-2-14-36-21-5-3-19(4-6-21)7-10-25-23(24)35/h3-6,16-18H,2,7-15H2,1H3,(H,25,35)/t18-/m0/s1. The summed E-state index contributed by atoms with van der Waals surface area (Å²) < 4.78 is 9.09. The van der Waals surface area contributed by atoms with Crippen molar-refractivity contribution in [2.75, 3.05) is 26.2 Å². The van der Waals surface area contributed by atoms with Crippen LogP contribution in [0.1, 0.15) is 43.5 Å². The van der Waals surface area contributed by atoms with Crippen molar-refractivity contribution in [2.24, 2.45) is 5.41 Å². The van der Waals surface area contributed by atoms with Crippen molar-refractivity contribution in [3.63, 3.8) is 0 Å². The fourth-order valence-electron chi connectivity index (χ4n) is 4.91. The number of benzene rings is 1. The van der Waals surface area contributed by atoms with Gasteiger partial charge in [-0.15, -0.1) is 10.2 Å². The number of hydrogen-bond donors (Lipinski definition) is 1. The number of likely N-dealkylation sites (tertiary alicyclic amines) is 1. The van der Waals surface area contributed by atoms with Gasteiger partial charge in [-0.2, -0.15) is 0 Å². The Morgan fingerprint density at radius 1 is 1.14 bits per heavy atom. The molecule has 0 radical (unpaired) electrons. The van der Waals surface area contributed by atoms with Gasteiger partial charge in [-0.1, -0.05) is 17.3 Å². The second-order valence-electron chi connectivity index (χ2n) is 9.57. The molecule has 5 heterocycles. The Hall–Kier alpha value is -3.83. The van der Waals surface area contributed by atoms with Gasteiger partial charge in [-0.05, 0) is 54.3 Å². The van der Waals surface area contributed by atoms with Crippen LogP contribution in [0.25, 0.3) is 0 Å². The van der Waals surface area contributed by atoms with E-state index in [1.54, 1.807) is 16.5 Å². The molecule has 0 unspecified atom stereocenters. The number of tetrazole rings is 1. The number of rotatable bonds is 2. The number of piperidine rings is 1. The van der Waals surface area contributed by atoms with E-state index in [1.165, 1.54) is 11.0 Å². The van der Waals surface area contributed by atoms with Crippen molar-refractivity contribution < 1.29 is 14.3 Å². The van der Waals surface area contributed by atoms with Crippen LogP contribution in [0.4, 0.5) is 0 Å². The Labute approximate surface area is 209 Å². The van der Waals surface area contributed by atoms with Gasteiger partial charge in [0, 0.05) is 45.2 Å². The van der Waals surface area contributed by atoms with Gasteiger partial charge < -0.3 is 15.0 Å². The maximum Gasteiger partial charge on any atom is 0.247 e. The van der Waals surface area contributed by atoms with Crippen LogP contribution in [-0.2, 0) is 29.0 Å². The number of aromatic nitrogens is 7. The number of nitrogens with zero attached hydrogens (tertiary/aromatic N) is 8. The molecule has 1 saturated heterocycles. The Morgan fingerprint density at radius 2 is 1.94 bits per heavy atom. The molecule has 36 heavy (non-hydrogen) atoms. The molecule has 0 saturated carbocycles. The van der Waals surface area contributed by atoms with Gasteiger partial charge in [-0.25, -0.2) is 4.68 Å². The van der Waals surface area contributed by atoms with Crippen LogP contribution in [0.5, 0.6) is 5.75 Å². The number of aryl methyl sites for hydroxylation is 1. The first kappa shape index (κ1) is 23.9. The van der Waals surface area contributed by atoms with Crippen LogP contribution in [0.2, 0.25) is 0 Å². The molecule has 2 amide bonds. The lowest BCUT2D eigenvalue weighted by Crippen LogP contribution is -2.52. The van der Waals surface area contributed by atoms with Gasteiger partial charge in [-0.3, -0.25) is 14.3 Å². The third-order valence-electron chi connectivity index (χ3n) is 7.16. The third-order valence-corrected chi connectivity index (χ3v) is 7.16. The molecule has 1 fully saturated rings. The van der Waals surface area contributed by atoms with E-state index >= 15 is 0 Å². The molecule has 2 aromatic heterocycles. The molecule has 1 spiro atoms. The third kappa shape index (κ3) is 5.21. The van der Waals surface area contributed by atoms with Crippen LogP contribution < -0.4 is 10.1 Å². The maximum atomic E-state index is 13.6. The zero-order chi connectivity index (χ0) is 25.0.